The second kappa shape index (κ2) is 9.78. The largest absolute Gasteiger partial charge is 0.496 e. The molecule has 0 amide bonds. The molecule has 0 aliphatic rings. The van der Waals surface area contributed by atoms with Gasteiger partial charge in [-0.05, 0) is 38.5 Å². The van der Waals surface area contributed by atoms with E-state index in [0.717, 1.165) is 31.9 Å². The lowest BCUT2D eigenvalue weighted by molar-refractivity contribution is 0.241. The van der Waals surface area contributed by atoms with Crippen LogP contribution in [0.25, 0.3) is 0 Å². The van der Waals surface area contributed by atoms with Crippen LogP contribution in [0.3, 0.4) is 0 Å². The molecule has 1 atom stereocenters. The molecule has 1 N–H and O–H groups in total. The Bertz CT molecular complexity index is 362. The summed E-state index contributed by atoms with van der Waals surface area (Å²) in [4.78, 5) is 2.54. The van der Waals surface area contributed by atoms with Crippen molar-refractivity contribution in [1.82, 2.24) is 10.2 Å². The summed E-state index contributed by atoms with van der Waals surface area (Å²) in [5.41, 5.74) is 1.26. The maximum absolute atomic E-state index is 5.52. The third kappa shape index (κ3) is 5.14. The number of nitrogens with one attached hydrogen (secondary N) is 1. The summed E-state index contributed by atoms with van der Waals surface area (Å²) in [6.45, 7) is 11.0. The maximum atomic E-state index is 5.52. The highest BCUT2D eigenvalue weighted by molar-refractivity contribution is 5.36. The van der Waals surface area contributed by atoms with E-state index in [9.17, 15) is 0 Å². The second-order valence-corrected chi connectivity index (χ2v) is 5.15. The van der Waals surface area contributed by atoms with Crippen LogP contribution in [0.15, 0.2) is 24.3 Å². The van der Waals surface area contributed by atoms with Crippen LogP contribution in [0.4, 0.5) is 0 Å². The van der Waals surface area contributed by atoms with Gasteiger partial charge in [0, 0.05) is 18.2 Å². The minimum absolute atomic E-state index is 0.328. The fourth-order valence-corrected chi connectivity index (χ4v) is 2.66. The van der Waals surface area contributed by atoms with Crippen molar-refractivity contribution in [3.63, 3.8) is 0 Å². The predicted molar refractivity (Wildman–Crippen MR) is 86.4 cm³/mol. The van der Waals surface area contributed by atoms with Crippen molar-refractivity contribution in [3.8, 4) is 5.75 Å². The van der Waals surface area contributed by atoms with Gasteiger partial charge in [-0.1, -0.05) is 39.0 Å². The Morgan fingerprint density at radius 3 is 2.30 bits per heavy atom. The zero-order chi connectivity index (χ0) is 14.8. The van der Waals surface area contributed by atoms with E-state index in [1.54, 1.807) is 7.11 Å². The number of para-hydroxylation sites is 1. The highest BCUT2D eigenvalue weighted by Gasteiger charge is 2.17. The van der Waals surface area contributed by atoms with Gasteiger partial charge in [-0.15, -0.1) is 0 Å². The number of rotatable bonds is 10. The Balaban J connectivity index is 2.86. The average molecular weight is 278 g/mol. The van der Waals surface area contributed by atoms with Gasteiger partial charge in [0.1, 0.15) is 5.75 Å². The number of nitrogens with zero attached hydrogens (tertiary/aromatic N) is 1. The summed E-state index contributed by atoms with van der Waals surface area (Å²) in [5.74, 6) is 0.978. The van der Waals surface area contributed by atoms with Crippen molar-refractivity contribution in [1.29, 1.82) is 0 Å². The zero-order valence-corrected chi connectivity index (χ0v) is 13.5. The third-order valence-corrected chi connectivity index (χ3v) is 3.49. The summed E-state index contributed by atoms with van der Waals surface area (Å²) in [6.07, 6.45) is 2.40. The van der Waals surface area contributed by atoms with E-state index in [4.69, 9.17) is 4.74 Å². The van der Waals surface area contributed by atoms with E-state index in [1.807, 2.05) is 12.1 Å². The summed E-state index contributed by atoms with van der Waals surface area (Å²) in [6, 6.07) is 8.66. The molecule has 3 nitrogen and oxygen atoms in total. The number of hydrogen-bond donors (Lipinski definition) is 1. The molecule has 0 bridgehead atoms. The molecule has 20 heavy (non-hydrogen) atoms. The summed E-state index contributed by atoms with van der Waals surface area (Å²) >= 11 is 0. The van der Waals surface area contributed by atoms with Crippen molar-refractivity contribution in [2.45, 2.75) is 39.7 Å². The molecule has 0 heterocycles. The van der Waals surface area contributed by atoms with E-state index in [0.29, 0.717) is 6.04 Å². The van der Waals surface area contributed by atoms with Crippen molar-refractivity contribution < 1.29 is 4.74 Å². The van der Waals surface area contributed by atoms with E-state index in [2.05, 4.69) is 43.1 Å². The minimum atomic E-state index is 0.328. The van der Waals surface area contributed by atoms with E-state index in [1.165, 1.54) is 18.4 Å². The minimum Gasteiger partial charge on any atom is -0.496 e. The van der Waals surface area contributed by atoms with Crippen LogP contribution >= 0.6 is 0 Å². The standard InChI is InChI=1S/C17H30N2O/c1-5-12-19(13-6-2)14-16(18-7-3)15-10-8-9-11-17(15)20-4/h8-11,16,18H,5-7,12-14H2,1-4H3. The zero-order valence-electron chi connectivity index (χ0n) is 13.5. The van der Waals surface area contributed by atoms with E-state index < -0.39 is 0 Å². The second-order valence-electron chi connectivity index (χ2n) is 5.15. The molecule has 1 aromatic carbocycles. The van der Waals surface area contributed by atoms with E-state index >= 15 is 0 Å². The SMILES string of the molecule is CCCN(CCC)CC(NCC)c1ccccc1OC. The Morgan fingerprint density at radius 2 is 1.75 bits per heavy atom. The van der Waals surface area contributed by atoms with Gasteiger partial charge >= 0.3 is 0 Å². The smallest absolute Gasteiger partial charge is 0.123 e. The van der Waals surface area contributed by atoms with Crippen LogP contribution in [0.2, 0.25) is 0 Å². The molecule has 1 aromatic rings. The van der Waals surface area contributed by atoms with Gasteiger partial charge in [-0.2, -0.15) is 0 Å². The first-order valence-electron chi connectivity index (χ1n) is 7.85. The molecule has 0 spiro atoms. The first-order chi connectivity index (χ1) is 9.76. The van der Waals surface area contributed by atoms with Crippen molar-refractivity contribution in [2.75, 3.05) is 33.3 Å². The fourth-order valence-electron chi connectivity index (χ4n) is 2.66. The number of ether oxygens (including phenoxy) is 1. The molecule has 0 saturated heterocycles. The molecule has 0 fully saturated rings. The molecule has 1 unspecified atom stereocenters. The predicted octanol–water partition coefficient (Wildman–Crippen LogP) is 3.47. The molecule has 0 saturated carbocycles. The van der Waals surface area contributed by atoms with Gasteiger partial charge in [0.2, 0.25) is 0 Å². The van der Waals surface area contributed by atoms with Crippen LogP contribution in [-0.4, -0.2) is 38.2 Å². The monoisotopic (exact) mass is 278 g/mol. The van der Waals surface area contributed by atoms with Gasteiger partial charge in [0.25, 0.3) is 0 Å². The van der Waals surface area contributed by atoms with Crippen molar-refractivity contribution >= 4 is 0 Å². The Labute approximate surface area is 124 Å². The van der Waals surface area contributed by atoms with Crippen LogP contribution in [0, 0.1) is 0 Å². The first-order valence-corrected chi connectivity index (χ1v) is 7.85. The molecule has 0 radical (unpaired) electrons. The van der Waals surface area contributed by atoms with Crippen LogP contribution in [0.5, 0.6) is 5.75 Å². The highest BCUT2D eigenvalue weighted by Crippen LogP contribution is 2.25. The van der Waals surface area contributed by atoms with Crippen LogP contribution in [0.1, 0.15) is 45.2 Å². The lowest BCUT2D eigenvalue weighted by atomic mass is 10.0. The molecule has 0 aromatic heterocycles. The molecular formula is C17H30N2O. The molecular weight excluding hydrogens is 248 g/mol. The summed E-state index contributed by atoms with van der Waals surface area (Å²) < 4.78 is 5.52. The maximum Gasteiger partial charge on any atom is 0.123 e. The third-order valence-electron chi connectivity index (χ3n) is 3.49. The van der Waals surface area contributed by atoms with Gasteiger partial charge in [0.15, 0.2) is 0 Å². The van der Waals surface area contributed by atoms with Gasteiger partial charge in [-0.3, -0.25) is 0 Å². The van der Waals surface area contributed by atoms with Gasteiger partial charge in [0.05, 0.1) is 7.11 Å². The normalized spacial score (nSPS) is 12.7. The lowest BCUT2D eigenvalue weighted by Gasteiger charge is -2.28. The molecule has 0 aliphatic heterocycles. The molecule has 0 aliphatic carbocycles. The molecule has 3 heteroatoms. The molecule has 114 valence electrons. The Morgan fingerprint density at radius 1 is 1.10 bits per heavy atom. The quantitative estimate of drug-likeness (QED) is 0.709. The number of likely N-dealkylation sites (N-methyl/N-ethyl adjacent to an activating group) is 1. The van der Waals surface area contributed by atoms with Crippen molar-refractivity contribution in [2.24, 2.45) is 0 Å². The topological polar surface area (TPSA) is 24.5 Å². The Kier molecular flexibility index (Phi) is 8.31. The summed E-state index contributed by atoms with van der Waals surface area (Å²) in [7, 11) is 1.75. The van der Waals surface area contributed by atoms with Crippen LogP contribution in [-0.2, 0) is 0 Å². The first kappa shape index (κ1) is 17.0. The van der Waals surface area contributed by atoms with Crippen molar-refractivity contribution in [3.05, 3.63) is 29.8 Å². The van der Waals surface area contributed by atoms with Gasteiger partial charge < -0.3 is 15.0 Å². The fraction of sp³-hybridized carbons (Fsp3) is 0.647. The Hall–Kier alpha value is -1.06. The lowest BCUT2D eigenvalue weighted by Crippen LogP contribution is -2.36. The number of methoxy groups -OCH3 is 1. The highest BCUT2D eigenvalue weighted by atomic mass is 16.5. The summed E-state index contributed by atoms with van der Waals surface area (Å²) in [5, 5.41) is 3.60. The molecule has 1 rings (SSSR count). The van der Waals surface area contributed by atoms with Gasteiger partial charge in [-0.25, -0.2) is 0 Å². The van der Waals surface area contributed by atoms with Crippen LogP contribution < -0.4 is 10.1 Å². The van der Waals surface area contributed by atoms with E-state index in [-0.39, 0.29) is 0 Å². The number of benzene rings is 1. The number of hydrogen-bond acceptors (Lipinski definition) is 3. The average Bonchev–Trinajstić information content (AvgIpc) is 2.47.